The van der Waals surface area contributed by atoms with E-state index in [2.05, 4.69) is 11.8 Å². The van der Waals surface area contributed by atoms with Crippen molar-refractivity contribution < 1.29 is 9.90 Å². The van der Waals surface area contributed by atoms with E-state index < -0.39 is 5.97 Å². The molecule has 2 fully saturated rings. The first-order valence-electron chi connectivity index (χ1n) is 9.30. The van der Waals surface area contributed by atoms with E-state index in [0.717, 1.165) is 38.0 Å². The zero-order chi connectivity index (χ0) is 17.0. The normalized spacial score (nSPS) is 26.2. The average molecular weight is 315 g/mol. The molecule has 2 rings (SSSR count). The highest BCUT2D eigenvalue weighted by Gasteiger charge is 2.23. The second-order valence-electron chi connectivity index (χ2n) is 6.10. The predicted octanol–water partition coefficient (Wildman–Crippen LogP) is 3.57. The maximum atomic E-state index is 10.6. The van der Waals surface area contributed by atoms with E-state index in [0.29, 0.717) is 0 Å². The number of carboxylic acids is 1. The molecule has 2 aliphatic rings. The zero-order valence-electron chi connectivity index (χ0n) is 15.5. The zero-order valence-corrected chi connectivity index (χ0v) is 15.5. The SMILES string of the molecule is CC.CC.CC1CCC(CN2CCN(CC(=O)O)CC2)CC1. The van der Waals surface area contributed by atoms with Gasteiger partial charge in [-0.25, -0.2) is 0 Å². The highest BCUT2D eigenvalue weighted by Crippen LogP contribution is 2.28. The number of nitrogens with zero attached hydrogens (tertiary/aromatic N) is 2. The van der Waals surface area contributed by atoms with Crippen molar-refractivity contribution in [1.29, 1.82) is 0 Å². The van der Waals surface area contributed by atoms with Gasteiger partial charge in [-0.2, -0.15) is 0 Å². The second kappa shape index (κ2) is 12.9. The monoisotopic (exact) mass is 314 g/mol. The molecule has 0 amide bonds. The summed E-state index contributed by atoms with van der Waals surface area (Å²) in [4.78, 5) is 15.2. The van der Waals surface area contributed by atoms with Crippen molar-refractivity contribution in [2.75, 3.05) is 39.3 Å². The van der Waals surface area contributed by atoms with Crippen LogP contribution in [0.4, 0.5) is 0 Å². The van der Waals surface area contributed by atoms with Gasteiger partial charge < -0.3 is 10.0 Å². The standard InChI is InChI=1S/C14H26N2O2.2C2H6/c1-12-2-4-13(5-3-12)10-15-6-8-16(9-7-15)11-14(17)18;2*1-2/h12-13H,2-11H2,1H3,(H,17,18);2*1-2H3. The molecule has 1 heterocycles. The lowest BCUT2D eigenvalue weighted by Crippen LogP contribution is -2.49. The third-order valence-corrected chi connectivity index (χ3v) is 4.48. The lowest BCUT2D eigenvalue weighted by atomic mass is 9.83. The van der Waals surface area contributed by atoms with E-state index in [1.165, 1.54) is 32.2 Å². The summed E-state index contributed by atoms with van der Waals surface area (Å²) in [5.41, 5.74) is 0. The highest BCUT2D eigenvalue weighted by molar-refractivity contribution is 5.69. The van der Waals surface area contributed by atoms with Gasteiger partial charge in [-0.05, 0) is 24.7 Å². The fourth-order valence-electron chi connectivity index (χ4n) is 3.20. The molecule has 0 aromatic heterocycles. The van der Waals surface area contributed by atoms with Crippen molar-refractivity contribution in [3.63, 3.8) is 0 Å². The summed E-state index contributed by atoms with van der Waals surface area (Å²) in [5.74, 6) is 1.10. The summed E-state index contributed by atoms with van der Waals surface area (Å²) in [6.45, 7) is 15.7. The molecule has 132 valence electrons. The van der Waals surface area contributed by atoms with Gasteiger partial charge in [0, 0.05) is 32.7 Å². The van der Waals surface area contributed by atoms with E-state index in [1.54, 1.807) is 0 Å². The van der Waals surface area contributed by atoms with Crippen molar-refractivity contribution in [3.8, 4) is 0 Å². The van der Waals surface area contributed by atoms with Gasteiger partial charge in [0.05, 0.1) is 6.54 Å². The largest absolute Gasteiger partial charge is 0.480 e. The van der Waals surface area contributed by atoms with Crippen molar-refractivity contribution in [1.82, 2.24) is 9.80 Å². The molecule has 1 N–H and O–H groups in total. The van der Waals surface area contributed by atoms with Gasteiger partial charge in [0.1, 0.15) is 0 Å². The quantitative estimate of drug-likeness (QED) is 0.861. The van der Waals surface area contributed by atoms with Crippen LogP contribution in [-0.4, -0.2) is 60.1 Å². The van der Waals surface area contributed by atoms with Gasteiger partial charge in [0.25, 0.3) is 0 Å². The molecule has 0 spiro atoms. The van der Waals surface area contributed by atoms with Gasteiger partial charge in [0.15, 0.2) is 0 Å². The van der Waals surface area contributed by atoms with E-state index in [-0.39, 0.29) is 6.54 Å². The summed E-state index contributed by atoms with van der Waals surface area (Å²) in [5, 5.41) is 8.76. The van der Waals surface area contributed by atoms with Gasteiger partial charge in [-0.1, -0.05) is 47.5 Å². The van der Waals surface area contributed by atoms with Gasteiger partial charge in [-0.3, -0.25) is 9.69 Å². The van der Waals surface area contributed by atoms with Gasteiger partial charge >= 0.3 is 5.97 Å². The minimum absolute atomic E-state index is 0.203. The topological polar surface area (TPSA) is 43.8 Å². The summed E-state index contributed by atoms with van der Waals surface area (Å²) in [7, 11) is 0. The van der Waals surface area contributed by atoms with Crippen molar-refractivity contribution in [3.05, 3.63) is 0 Å². The molecule has 0 unspecified atom stereocenters. The molecule has 4 heteroatoms. The smallest absolute Gasteiger partial charge is 0.317 e. The molecular formula is C18H38N2O2. The Hall–Kier alpha value is -0.610. The Labute approximate surface area is 137 Å². The van der Waals surface area contributed by atoms with Crippen molar-refractivity contribution in [2.45, 2.75) is 60.3 Å². The van der Waals surface area contributed by atoms with Crippen molar-refractivity contribution >= 4 is 5.97 Å². The lowest BCUT2D eigenvalue weighted by molar-refractivity contribution is -0.138. The summed E-state index contributed by atoms with van der Waals surface area (Å²) < 4.78 is 0. The molecule has 1 saturated carbocycles. The van der Waals surface area contributed by atoms with Crippen LogP contribution in [0.1, 0.15) is 60.3 Å². The third kappa shape index (κ3) is 8.74. The molecule has 1 saturated heterocycles. The van der Waals surface area contributed by atoms with Gasteiger partial charge in [0.2, 0.25) is 0 Å². The Balaban J connectivity index is 0.00000102. The average Bonchev–Trinajstić information content (AvgIpc) is 2.55. The molecule has 0 atom stereocenters. The Morgan fingerprint density at radius 1 is 0.909 bits per heavy atom. The highest BCUT2D eigenvalue weighted by atomic mass is 16.4. The van der Waals surface area contributed by atoms with Crippen LogP contribution in [-0.2, 0) is 4.79 Å². The maximum absolute atomic E-state index is 10.6. The predicted molar refractivity (Wildman–Crippen MR) is 94.3 cm³/mol. The van der Waals surface area contributed by atoms with Gasteiger partial charge in [-0.15, -0.1) is 0 Å². The number of aliphatic carboxylic acids is 1. The Kier molecular flexibility index (Phi) is 12.5. The Morgan fingerprint density at radius 3 is 1.82 bits per heavy atom. The van der Waals surface area contributed by atoms with Crippen LogP contribution in [0.2, 0.25) is 0 Å². The molecular weight excluding hydrogens is 276 g/mol. The van der Waals surface area contributed by atoms with Crippen LogP contribution in [0.5, 0.6) is 0 Å². The fourth-order valence-corrected chi connectivity index (χ4v) is 3.20. The van der Waals surface area contributed by atoms with Crippen LogP contribution in [0, 0.1) is 11.8 Å². The molecule has 4 nitrogen and oxygen atoms in total. The first-order valence-corrected chi connectivity index (χ1v) is 9.30. The van der Waals surface area contributed by atoms with Crippen LogP contribution in [0.25, 0.3) is 0 Å². The molecule has 22 heavy (non-hydrogen) atoms. The fraction of sp³-hybridized carbons (Fsp3) is 0.944. The van der Waals surface area contributed by atoms with Crippen LogP contribution < -0.4 is 0 Å². The Morgan fingerprint density at radius 2 is 1.36 bits per heavy atom. The van der Waals surface area contributed by atoms with E-state index >= 15 is 0 Å². The summed E-state index contributed by atoms with van der Waals surface area (Å²) >= 11 is 0. The maximum Gasteiger partial charge on any atom is 0.317 e. The molecule has 0 aromatic rings. The molecule has 0 aromatic carbocycles. The van der Waals surface area contributed by atoms with E-state index in [9.17, 15) is 4.79 Å². The number of piperazine rings is 1. The molecule has 1 aliphatic heterocycles. The number of hydrogen-bond donors (Lipinski definition) is 1. The summed E-state index contributed by atoms with van der Waals surface area (Å²) in [6, 6.07) is 0. The number of rotatable bonds is 4. The number of carboxylic acid groups (broad SMARTS) is 1. The first-order chi connectivity index (χ1) is 10.6. The number of carbonyl (C=O) groups is 1. The van der Waals surface area contributed by atoms with E-state index in [1.807, 2.05) is 32.6 Å². The first kappa shape index (κ1) is 21.4. The Bertz CT molecular complexity index is 268. The molecule has 0 bridgehead atoms. The molecule has 1 aliphatic carbocycles. The van der Waals surface area contributed by atoms with Crippen LogP contribution >= 0.6 is 0 Å². The summed E-state index contributed by atoms with van der Waals surface area (Å²) in [6.07, 6.45) is 5.56. The van der Waals surface area contributed by atoms with Crippen LogP contribution in [0.15, 0.2) is 0 Å². The van der Waals surface area contributed by atoms with E-state index in [4.69, 9.17) is 5.11 Å². The van der Waals surface area contributed by atoms with Crippen LogP contribution in [0.3, 0.4) is 0 Å². The lowest BCUT2D eigenvalue weighted by Gasteiger charge is -2.37. The van der Waals surface area contributed by atoms with Crippen molar-refractivity contribution in [2.24, 2.45) is 11.8 Å². The molecule has 0 radical (unpaired) electrons. The number of hydrogen-bond acceptors (Lipinski definition) is 3. The second-order valence-corrected chi connectivity index (χ2v) is 6.10. The minimum atomic E-state index is -0.704. The third-order valence-electron chi connectivity index (χ3n) is 4.48. The minimum Gasteiger partial charge on any atom is -0.480 e.